The van der Waals surface area contributed by atoms with Gasteiger partial charge in [0.25, 0.3) is 0 Å². The predicted octanol–water partition coefficient (Wildman–Crippen LogP) is 3.70. The number of oxime groups is 1. The number of nitrogens with two attached hydrogens (primary N) is 1. The minimum Gasteiger partial charge on any atom is -0.409 e. The predicted molar refractivity (Wildman–Crippen MR) is 86.5 cm³/mol. The number of anilines is 1. The van der Waals surface area contributed by atoms with Crippen LogP contribution in [0.3, 0.4) is 0 Å². The third kappa shape index (κ3) is 3.45. The fraction of sp³-hybridized carbons (Fsp3) is 0.533. The molecule has 110 valence electrons. The SMILES string of the molecule is CN(c1ccc(/C(N)=N/O)c(Br)c1)C1CCCCCC1. The number of halogens is 1. The molecule has 0 unspecified atom stereocenters. The average Bonchev–Trinajstić information content (AvgIpc) is 2.74. The van der Waals surface area contributed by atoms with Crippen LogP contribution < -0.4 is 10.6 Å². The highest BCUT2D eigenvalue weighted by atomic mass is 79.9. The Morgan fingerprint density at radius 3 is 2.50 bits per heavy atom. The van der Waals surface area contributed by atoms with Gasteiger partial charge in [-0.2, -0.15) is 0 Å². The highest BCUT2D eigenvalue weighted by Crippen LogP contribution is 2.28. The Kier molecular flexibility index (Phi) is 5.29. The van der Waals surface area contributed by atoms with Crippen LogP contribution in [0.5, 0.6) is 0 Å². The molecule has 1 aliphatic rings. The molecular formula is C15H22BrN3O. The number of hydrogen-bond acceptors (Lipinski definition) is 3. The van der Waals surface area contributed by atoms with Crippen molar-refractivity contribution >= 4 is 27.5 Å². The standard InChI is InChI=1S/C15H22BrN3O/c1-19(11-6-4-2-3-5-7-11)12-8-9-13(14(16)10-12)15(17)18-20/h8-11,20H,2-7H2,1H3,(H2,17,18). The van der Waals surface area contributed by atoms with E-state index in [1.807, 2.05) is 18.2 Å². The van der Waals surface area contributed by atoms with Crippen molar-refractivity contribution < 1.29 is 5.21 Å². The van der Waals surface area contributed by atoms with Gasteiger partial charge in [-0.25, -0.2) is 0 Å². The molecule has 0 heterocycles. The normalized spacial score (nSPS) is 17.8. The second-order valence-corrected chi connectivity index (χ2v) is 6.26. The summed E-state index contributed by atoms with van der Waals surface area (Å²) in [5.41, 5.74) is 7.52. The number of benzene rings is 1. The molecule has 0 spiro atoms. The second-order valence-electron chi connectivity index (χ2n) is 5.41. The smallest absolute Gasteiger partial charge is 0.171 e. The van der Waals surface area contributed by atoms with Crippen molar-refractivity contribution in [1.29, 1.82) is 0 Å². The molecule has 0 bridgehead atoms. The summed E-state index contributed by atoms with van der Waals surface area (Å²) in [4.78, 5) is 2.35. The van der Waals surface area contributed by atoms with E-state index >= 15 is 0 Å². The maximum absolute atomic E-state index is 8.76. The number of rotatable bonds is 3. The third-order valence-corrected chi connectivity index (χ3v) is 4.77. The molecule has 0 saturated heterocycles. The van der Waals surface area contributed by atoms with E-state index in [9.17, 15) is 0 Å². The summed E-state index contributed by atoms with van der Waals surface area (Å²) in [6.45, 7) is 0. The Morgan fingerprint density at radius 2 is 1.95 bits per heavy atom. The van der Waals surface area contributed by atoms with Crippen molar-refractivity contribution in [2.24, 2.45) is 10.9 Å². The monoisotopic (exact) mass is 339 g/mol. The first-order chi connectivity index (χ1) is 9.63. The molecule has 5 heteroatoms. The van der Waals surface area contributed by atoms with Crippen LogP contribution in [0.1, 0.15) is 44.1 Å². The minimum atomic E-state index is 0.126. The van der Waals surface area contributed by atoms with Crippen LogP contribution >= 0.6 is 15.9 Å². The van der Waals surface area contributed by atoms with Crippen molar-refractivity contribution in [2.75, 3.05) is 11.9 Å². The van der Waals surface area contributed by atoms with Crippen molar-refractivity contribution in [1.82, 2.24) is 0 Å². The first kappa shape index (κ1) is 15.2. The number of hydrogen-bond donors (Lipinski definition) is 2. The Morgan fingerprint density at radius 1 is 1.30 bits per heavy atom. The van der Waals surface area contributed by atoms with Crippen LogP contribution in [-0.2, 0) is 0 Å². The first-order valence-electron chi connectivity index (χ1n) is 7.13. The van der Waals surface area contributed by atoms with Crippen molar-refractivity contribution in [2.45, 2.75) is 44.6 Å². The van der Waals surface area contributed by atoms with E-state index in [1.54, 1.807) is 0 Å². The summed E-state index contributed by atoms with van der Waals surface area (Å²) in [6.07, 6.45) is 7.87. The summed E-state index contributed by atoms with van der Waals surface area (Å²) >= 11 is 3.50. The van der Waals surface area contributed by atoms with Gasteiger partial charge in [0.05, 0.1) is 0 Å². The van der Waals surface area contributed by atoms with Gasteiger partial charge in [-0.15, -0.1) is 0 Å². The van der Waals surface area contributed by atoms with Gasteiger partial charge in [-0.3, -0.25) is 0 Å². The molecule has 0 atom stereocenters. The fourth-order valence-corrected chi connectivity index (χ4v) is 3.41. The molecule has 1 aromatic carbocycles. The van der Waals surface area contributed by atoms with Gasteiger partial charge in [0.15, 0.2) is 5.84 Å². The van der Waals surface area contributed by atoms with Gasteiger partial charge in [0, 0.05) is 28.8 Å². The summed E-state index contributed by atoms with van der Waals surface area (Å²) in [5.74, 6) is 0.126. The zero-order chi connectivity index (χ0) is 14.5. The molecule has 1 aromatic rings. The number of nitrogens with zero attached hydrogens (tertiary/aromatic N) is 2. The zero-order valence-corrected chi connectivity index (χ0v) is 13.4. The molecule has 0 amide bonds. The van der Waals surface area contributed by atoms with E-state index in [0.717, 1.165) is 4.47 Å². The van der Waals surface area contributed by atoms with Gasteiger partial charge in [0.2, 0.25) is 0 Å². The molecule has 4 nitrogen and oxygen atoms in total. The van der Waals surface area contributed by atoms with E-state index in [4.69, 9.17) is 10.9 Å². The van der Waals surface area contributed by atoms with E-state index < -0.39 is 0 Å². The second kappa shape index (κ2) is 6.97. The molecule has 3 N–H and O–H groups in total. The van der Waals surface area contributed by atoms with Gasteiger partial charge in [-0.05, 0) is 47.0 Å². The first-order valence-corrected chi connectivity index (χ1v) is 7.93. The van der Waals surface area contributed by atoms with Crippen molar-refractivity contribution in [3.63, 3.8) is 0 Å². The zero-order valence-electron chi connectivity index (χ0n) is 11.8. The lowest BCUT2D eigenvalue weighted by Gasteiger charge is -2.29. The highest BCUT2D eigenvalue weighted by molar-refractivity contribution is 9.10. The molecule has 0 aromatic heterocycles. The largest absolute Gasteiger partial charge is 0.409 e. The van der Waals surface area contributed by atoms with Crippen LogP contribution in [0, 0.1) is 0 Å². The van der Waals surface area contributed by atoms with Crippen LogP contribution in [0.15, 0.2) is 27.8 Å². The molecule has 1 aliphatic carbocycles. The van der Waals surface area contributed by atoms with Gasteiger partial charge < -0.3 is 15.8 Å². The van der Waals surface area contributed by atoms with E-state index in [2.05, 4.69) is 33.0 Å². The van der Waals surface area contributed by atoms with Gasteiger partial charge in [-0.1, -0.05) is 30.8 Å². The lowest BCUT2D eigenvalue weighted by atomic mass is 10.1. The highest BCUT2D eigenvalue weighted by Gasteiger charge is 2.18. The Balaban J connectivity index is 2.17. The summed E-state index contributed by atoms with van der Waals surface area (Å²) in [5, 5.41) is 11.8. The van der Waals surface area contributed by atoms with E-state index in [0.29, 0.717) is 11.6 Å². The fourth-order valence-electron chi connectivity index (χ4n) is 2.84. The molecule has 0 aliphatic heterocycles. The van der Waals surface area contributed by atoms with Crippen LogP contribution in [0.4, 0.5) is 5.69 Å². The molecule has 20 heavy (non-hydrogen) atoms. The Labute approximate surface area is 128 Å². The van der Waals surface area contributed by atoms with Crippen LogP contribution in [0.2, 0.25) is 0 Å². The molecule has 1 fully saturated rings. The number of amidine groups is 1. The third-order valence-electron chi connectivity index (χ3n) is 4.12. The quantitative estimate of drug-likeness (QED) is 0.290. The maximum Gasteiger partial charge on any atom is 0.171 e. The minimum absolute atomic E-state index is 0.126. The molecule has 1 saturated carbocycles. The molecular weight excluding hydrogens is 318 g/mol. The summed E-state index contributed by atoms with van der Waals surface area (Å²) in [7, 11) is 2.15. The van der Waals surface area contributed by atoms with Crippen molar-refractivity contribution in [3.05, 3.63) is 28.2 Å². The molecule has 2 rings (SSSR count). The van der Waals surface area contributed by atoms with E-state index in [1.165, 1.54) is 44.2 Å². The summed E-state index contributed by atoms with van der Waals surface area (Å²) in [6, 6.07) is 6.57. The van der Waals surface area contributed by atoms with Gasteiger partial charge >= 0.3 is 0 Å². The van der Waals surface area contributed by atoms with Gasteiger partial charge in [0.1, 0.15) is 0 Å². The topological polar surface area (TPSA) is 61.8 Å². The maximum atomic E-state index is 8.76. The Bertz CT molecular complexity index is 482. The average molecular weight is 340 g/mol. The molecule has 0 radical (unpaired) electrons. The lowest BCUT2D eigenvalue weighted by Crippen LogP contribution is -2.31. The lowest BCUT2D eigenvalue weighted by molar-refractivity contribution is 0.318. The van der Waals surface area contributed by atoms with Crippen LogP contribution in [0.25, 0.3) is 0 Å². The van der Waals surface area contributed by atoms with Crippen LogP contribution in [-0.4, -0.2) is 24.1 Å². The van der Waals surface area contributed by atoms with Crippen molar-refractivity contribution in [3.8, 4) is 0 Å². The Hall–Kier alpha value is -1.23. The summed E-state index contributed by atoms with van der Waals surface area (Å²) < 4.78 is 0.853. The van der Waals surface area contributed by atoms with E-state index in [-0.39, 0.29) is 5.84 Å².